The standard InChI is InChI=1S/C18H19F2N2OP/c1-11-6-9-15(23)22(11)14-8-7-12(16(19)17(14)20)13-5-4-10-21-18(13)24(2)3/h4-5,7-8,10-11H,6,9H2,1-3H3. The second-order valence-electron chi connectivity index (χ2n) is 6.18. The minimum atomic E-state index is -0.971. The van der Waals surface area contributed by atoms with E-state index < -0.39 is 19.6 Å². The van der Waals surface area contributed by atoms with Gasteiger partial charge in [0.25, 0.3) is 0 Å². The van der Waals surface area contributed by atoms with Crippen LogP contribution in [0.1, 0.15) is 19.8 Å². The highest BCUT2D eigenvalue weighted by molar-refractivity contribution is 7.64. The van der Waals surface area contributed by atoms with E-state index in [0.717, 1.165) is 5.44 Å². The van der Waals surface area contributed by atoms with Crippen LogP contribution in [0.5, 0.6) is 0 Å². The van der Waals surface area contributed by atoms with Gasteiger partial charge in [-0.2, -0.15) is 0 Å². The number of hydrogen-bond donors (Lipinski definition) is 0. The van der Waals surface area contributed by atoms with Crippen LogP contribution in [-0.4, -0.2) is 30.3 Å². The summed E-state index contributed by atoms with van der Waals surface area (Å²) in [5.74, 6) is -2.06. The minimum Gasteiger partial charge on any atom is -0.307 e. The number of anilines is 1. The molecule has 3 rings (SSSR count). The number of aromatic nitrogens is 1. The summed E-state index contributed by atoms with van der Waals surface area (Å²) in [5, 5.41) is 0. The monoisotopic (exact) mass is 348 g/mol. The van der Waals surface area contributed by atoms with Crippen molar-refractivity contribution in [1.29, 1.82) is 0 Å². The summed E-state index contributed by atoms with van der Waals surface area (Å²) < 4.78 is 29.5. The van der Waals surface area contributed by atoms with E-state index in [4.69, 9.17) is 0 Å². The Morgan fingerprint density at radius 3 is 2.54 bits per heavy atom. The fourth-order valence-corrected chi connectivity index (χ4v) is 4.07. The van der Waals surface area contributed by atoms with Gasteiger partial charge in [-0.15, -0.1) is 0 Å². The van der Waals surface area contributed by atoms with Crippen molar-refractivity contribution in [3.8, 4) is 11.1 Å². The number of nitrogens with zero attached hydrogens (tertiary/aromatic N) is 2. The highest BCUT2D eigenvalue weighted by atomic mass is 31.1. The first-order valence-corrected chi connectivity index (χ1v) is 10.1. The zero-order valence-electron chi connectivity index (χ0n) is 13.9. The minimum absolute atomic E-state index is 0.0203. The lowest BCUT2D eigenvalue weighted by atomic mass is 10.1. The maximum Gasteiger partial charge on any atom is 0.227 e. The van der Waals surface area contributed by atoms with Crippen molar-refractivity contribution in [1.82, 2.24) is 4.98 Å². The van der Waals surface area contributed by atoms with Crippen LogP contribution in [0.3, 0.4) is 0 Å². The van der Waals surface area contributed by atoms with Crippen molar-refractivity contribution < 1.29 is 13.6 Å². The molecule has 1 fully saturated rings. The lowest BCUT2D eigenvalue weighted by Gasteiger charge is -2.23. The normalized spacial score (nSPS) is 17.8. The summed E-state index contributed by atoms with van der Waals surface area (Å²) in [5.41, 5.74) is 1.60. The largest absolute Gasteiger partial charge is 0.307 e. The second-order valence-corrected chi connectivity index (χ2v) is 8.39. The topological polar surface area (TPSA) is 33.2 Å². The van der Waals surface area contributed by atoms with Crippen molar-refractivity contribution in [2.75, 3.05) is 18.2 Å². The molecular formula is C18H19F2N2OP. The fourth-order valence-electron chi connectivity index (χ4n) is 3.10. The Morgan fingerprint density at radius 2 is 1.92 bits per heavy atom. The maximum atomic E-state index is 14.8. The van der Waals surface area contributed by atoms with Gasteiger partial charge in [-0.25, -0.2) is 8.78 Å². The number of halogens is 2. The summed E-state index contributed by atoms with van der Waals surface area (Å²) in [4.78, 5) is 17.7. The van der Waals surface area contributed by atoms with Crippen LogP contribution < -0.4 is 10.3 Å². The molecule has 1 aliphatic rings. The van der Waals surface area contributed by atoms with E-state index in [1.807, 2.05) is 20.3 Å². The van der Waals surface area contributed by atoms with Crippen molar-refractivity contribution >= 4 is 25.0 Å². The lowest BCUT2D eigenvalue weighted by molar-refractivity contribution is -0.117. The molecule has 2 heterocycles. The maximum absolute atomic E-state index is 14.8. The first-order valence-electron chi connectivity index (χ1n) is 7.84. The molecule has 24 heavy (non-hydrogen) atoms. The van der Waals surface area contributed by atoms with Gasteiger partial charge in [0.15, 0.2) is 11.6 Å². The molecule has 0 N–H and O–H groups in total. The highest BCUT2D eigenvalue weighted by Crippen LogP contribution is 2.36. The molecule has 2 aromatic rings. The van der Waals surface area contributed by atoms with Crippen LogP contribution in [-0.2, 0) is 4.79 Å². The van der Waals surface area contributed by atoms with E-state index in [2.05, 4.69) is 4.98 Å². The molecule has 1 aromatic heterocycles. The molecule has 1 unspecified atom stereocenters. The molecular weight excluding hydrogens is 329 g/mol. The first-order chi connectivity index (χ1) is 11.4. The van der Waals surface area contributed by atoms with Gasteiger partial charge in [-0.3, -0.25) is 9.78 Å². The van der Waals surface area contributed by atoms with E-state index >= 15 is 0 Å². The SMILES string of the molecule is CC1CCC(=O)N1c1ccc(-c2cccnc2P(C)C)c(F)c1F. The number of rotatable bonds is 3. The summed E-state index contributed by atoms with van der Waals surface area (Å²) >= 11 is 0. The Balaban J connectivity index is 2.11. The van der Waals surface area contributed by atoms with Gasteiger partial charge in [0.1, 0.15) is 0 Å². The Hall–Kier alpha value is -1.87. The van der Waals surface area contributed by atoms with Crippen molar-refractivity contribution in [2.24, 2.45) is 0 Å². The Morgan fingerprint density at radius 1 is 1.17 bits per heavy atom. The van der Waals surface area contributed by atoms with Crippen LogP contribution in [0.2, 0.25) is 0 Å². The van der Waals surface area contributed by atoms with Gasteiger partial charge >= 0.3 is 0 Å². The summed E-state index contributed by atoms with van der Waals surface area (Å²) in [6, 6.07) is 6.40. The summed E-state index contributed by atoms with van der Waals surface area (Å²) in [7, 11) is -0.557. The molecule has 1 saturated heterocycles. The molecule has 0 bridgehead atoms. The van der Waals surface area contributed by atoms with Crippen LogP contribution in [0, 0.1) is 11.6 Å². The number of amides is 1. The Kier molecular flexibility index (Phi) is 4.64. The molecule has 6 heteroatoms. The van der Waals surface area contributed by atoms with E-state index in [1.54, 1.807) is 24.4 Å². The molecule has 126 valence electrons. The molecule has 1 atom stereocenters. The number of hydrogen-bond acceptors (Lipinski definition) is 2. The van der Waals surface area contributed by atoms with Gasteiger partial charge in [-0.05, 0) is 44.9 Å². The quantitative estimate of drug-likeness (QED) is 0.788. The number of carbonyl (C=O) groups is 1. The third-order valence-electron chi connectivity index (χ3n) is 4.31. The van der Waals surface area contributed by atoms with Crippen molar-refractivity contribution in [3.63, 3.8) is 0 Å². The van der Waals surface area contributed by atoms with Crippen LogP contribution in [0.25, 0.3) is 11.1 Å². The zero-order chi connectivity index (χ0) is 17.4. The number of benzene rings is 1. The van der Waals surface area contributed by atoms with Crippen LogP contribution in [0.4, 0.5) is 14.5 Å². The number of carbonyl (C=O) groups excluding carboxylic acids is 1. The smallest absolute Gasteiger partial charge is 0.227 e. The van der Waals surface area contributed by atoms with Gasteiger partial charge in [0.2, 0.25) is 5.91 Å². The Labute approximate surface area is 141 Å². The summed E-state index contributed by atoms with van der Waals surface area (Å²) in [6.07, 6.45) is 2.69. The number of pyridine rings is 1. The van der Waals surface area contributed by atoms with E-state index in [9.17, 15) is 13.6 Å². The van der Waals surface area contributed by atoms with Crippen molar-refractivity contribution in [3.05, 3.63) is 42.1 Å². The van der Waals surface area contributed by atoms with Crippen molar-refractivity contribution in [2.45, 2.75) is 25.8 Å². The van der Waals surface area contributed by atoms with Gasteiger partial charge < -0.3 is 4.90 Å². The molecule has 0 saturated carbocycles. The van der Waals surface area contributed by atoms with Gasteiger partial charge in [0.05, 0.1) is 11.1 Å². The first kappa shape index (κ1) is 17.0. The molecule has 1 amide bonds. The fraction of sp³-hybridized carbons (Fsp3) is 0.333. The molecule has 3 nitrogen and oxygen atoms in total. The summed E-state index contributed by atoms with van der Waals surface area (Å²) in [6.45, 7) is 5.89. The molecule has 1 aliphatic heterocycles. The van der Waals surface area contributed by atoms with E-state index in [1.165, 1.54) is 11.0 Å². The van der Waals surface area contributed by atoms with Gasteiger partial charge in [-0.1, -0.05) is 14.0 Å². The van der Waals surface area contributed by atoms with E-state index in [0.29, 0.717) is 18.4 Å². The third-order valence-corrected chi connectivity index (χ3v) is 5.51. The second kappa shape index (κ2) is 6.56. The zero-order valence-corrected chi connectivity index (χ0v) is 14.8. The highest BCUT2D eigenvalue weighted by Gasteiger charge is 2.32. The molecule has 0 radical (unpaired) electrons. The van der Waals surface area contributed by atoms with Gasteiger partial charge in [0, 0.05) is 29.8 Å². The molecule has 1 aromatic carbocycles. The van der Waals surface area contributed by atoms with Crippen LogP contribution >= 0.6 is 7.92 Å². The predicted molar refractivity (Wildman–Crippen MR) is 94.2 cm³/mol. The predicted octanol–water partition coefficient (Wildman–Crippen LogP) is 3.91. The average molecular weight is 348 g/mol. The molecule has 0 spiro atoms. The van der Waals surface area contributed by atoms with Crippen LogP contribution in [0.15, 0.2) is 30.5 Å². The average Bonchev–Trinajstić information content (AvgIpc) is 2.89. The lowest BCUT2D eigenvalue weighted by Crippen LogP contribution is -2.31. The third kappa shape index (κ3) is 2.82. The molecule has 0 aliphatic carbocycles. The Bertz CT molecular complexity index is 795. The van der Waals surface area contributed by atoms with E-state index in [-0.39, 0.29) is 23.2 Å².